The SMILES string of the molecule is CCC(CC)C(=O)NNC(=O)COc1ccc(C)c(C)c1. The van der Waals surface area contributed by atoms with E-state index in [0.29, 0.717) is 5.75 Å². The van der Waals surface area contributed by atoms with Crippen molar-refractivity contribution in [3.8, 4) is 5.75 Å². The third kappa shape index (κ3) is 5.45. The van der Waals surface area contributed by atoms with Crippen molar-refractivity contribution in [2.24, 2.45) is 5.92 Å². The third-order valence-corrected chi connectivity index (χ3v) is 3.53. The van der Waals surface area contributed by atoms with Gasteiger partial charge < -0.3 is 4.74 Å². The van der Waals surface area contributed by atoms with E-state index in [2.05, 4.69) is 10.9 Å². The zero-order valence-electron chi connectivity index (χ0n) is 13.2. The Balaban J connectivity index is 2.37. The minimum atomic E-state index is -0.382. The fourth-order valence-corrected chi connectivity index (χ4v) is 1.88. The van der Waals surface area contributed by atoms with Crippen molar-refractivity contribution in [3.63, 3.8) is 0 Å². The van der Waals surface area contributed by atoms with Crippen molar-refractivity contribution in [2.45, 2.75) is 40.5 Å². The molecule has 0 aliphatic rings. The number of amides is 2. The van der Waals surface area contributed by atoms with Crippen LogP contribution < -0.4 is 15.6 Å². The van der Waals surface area contributed by atoms with Crippen LogP contribution in [0.5, 0.6) is 5.75 Å². The molecule has 1 aromatic carbocycles. The molecule has 1 aromatic rings. The highest BCUT2D eigenvalue weighted by molar-refractivity contribution is 5.83. The summed E-state index contributed by atoms with van der Waals surface area (Å²) in [5.74, 6) is 0.0117. The Bertz CT molecular complexity index is 496. The topological polar surface area (TPSA) is 67.4 Å². The lowest BCUT2D eigenvalue weighted by molar-refractivity contribution is -0.132. The van der Waals surface area contributed by atoms with Crippen molar-refractivity contribution in [1.82, 2.24) is 10.9 Å². The van der Waals surface area contributed by atoms with Gasteiger partial charge in [0.2, 0.25) is 5.91 Å². The molecule has 0 atom stereocenters. The molecule has 0 radical (unpaired) electrons. The molecule has 5 nitrogen and oxygen atoms in total. The molecule has 0 heterocycles. The lowest BCUT2D eigenvalue weighted by Gasteiger charge is -2.13. The lowest BCUT2D eigenvalue weighted by Crippen LogP contribution is -2.46. The smallest absolute Gasteiger partial charge is 0.276 e. The van der Waals surface area contributed by atoms with E-state index in [0.717, 1.165) is 18.4 Å². The van der Waals surface area contributed by atoms with Crippen LogP contribution in [0.4, 0.5) is 0 Å². The molecule has 0 fully saturated rings. The molecule has 1 rings (SSSR count). The van der Waals surface area contributed by atoms with Gasteiger partial charge >= 0.3 is 0 Å². The highest BCUT2D eigenvalue weighted by atomic mass is 16.5. The van der Waals surface area contributed by atoms with Crippen molar-refractivity contribution >= 4 is 11.8 Å². The minimum Gasteiger partial charge on any atom is -0.484 e. The summed E-state index contributed by atoms with van der Waals surface area (Å²) in [6.07, 6.45) is 1.49. The normalized spacial score (nSPS) is 10.3. The maximum atomic E-state index is 11.7. The van der Waals surface area contributed by atoms with Crippen molar-refractivity contribution in [3.05, 3.63) is 29.3 Å². The van der Waals surface area contributed by atoms with Gasteiger partial charge in [-0.15, -0.1) is 0 Å². The number of hydrogen-bond donors (Lipinski definition) is 2. The number of rotatable bonds is 6. The second-order valence-corrected chi connectivity index (χ2v) is 5.09. The van der Waals surface area contributed by atoms with Gasteiger partial charge in [0.05, 0.1) is 0 Å². The van der Waals surface area contributed by atoms with Crippen LogP contribution in [-0.4, -0.2) is 18.4 Å². The number of ether oxygens (including phenoxy) is 1. The Labute approximate surface area is 126 Å². The Morgan fingerprint density at radius 1 is 1.10 bits per heavy atom. The molecular formula is C16H24N2O3. The summed E-state index contributed by atoms with van der Waals surface area (Å²) in [5.41, 5.74) is 7.06. The summed E-state index contributed by atoms with van der Waals surface area (Å²) in [5, 5.41) is 0. The van der Waals surface area contributed by atoms with E-state index in [1.165, 1.54) is 5.56 Å². The van der Waals surface area contributed by atoms with E-state index in [-0.39, 0.29) is 24.3 Å². The first-order valence-electron chi connectivity index (χ1n) is 7.26. The molecule has 0 saturated carbocycles. The van der Waals surface area contributed by atoms with Gasteiger partial charge in [-0.2, -0.15) is 0 Å². The second-order valence-electron chi connectivity index (χ2n) is 5.09. The third-order valence-electron chi connectivity index (χ3n) is 3.53. The number of aryl methyl sites for hydroxylation is 2. The van der Waals surface area contributed by atoms with Crippen LogP contribution in [0.15, 0.2) is 18.2 Å². The van der Waals surface area contributed by atoms with Crippen molar-refractivity contribution in [2.75, 3.05) is 6.61 Å². The van der Waals surface area contributed by atoms with E-state index in [1.54, 1.807) is 0 Å². The molecule has 2 N–H and O–H groups in total. The molecule has 0 aromatic heterocycles. The van der Waals surface area contributed by atoms with Gasteiger partial charge in [-0.3, -0.25) is 20.4 Å². The molecule has 2 amide bonds. The van der Waals surface area contributed by atoms with Crippen LogP contribution in [0, 0.1) is 19.8 Å². The molecule has 0 aliphatic heterocycles. The van der Waals surface area contributed by atoms with Crippen LogP contribution in [-0.2, 0) is 9.59 Å². The zero-order valence-corrected chi connectivity index (χ0v) is 13.2. The molecular weight excluding hydrogens is 268 g/mol. The van der Waals surface area contributed by atoms with Crippen molar-refractivity contribution in [1.29, 1.82) is 0 Å². The highest BCUT2D eigenvalue weighted by Crippen LogP contribution is 2.16. The fourth-order valence-electron chi connectivity index (χ4n) is 1.88. The first kappa shape index (κ1) is 17.0. The zero-order chi connectivity index (χ0) is 15.8. The van der Waals surface area contributed by atoms with Gasteiger partial charge in [-0.1, -0.05) is 19.9 Å². The minimum absolute atomic E-state index is 0.0778. The molecule has 0 bridgehead atoms. The first-order valence-corrected chi connectivity index (χ1v) is 7.26. The van der Waals surface area contributed by atoms with Crippen LogP contribution >= 0.6 is 0 Å². The van der Waals surface area contributed by atoms with Gasteiger partial charge in [-0.25, -0.2) is 0 Å². The molecule has 0 aliphatic carbocycles. The molecule has 0 unspecified atom stereocenters. The predicted octanol–water partition coefficient (Wildman–Crippen LogP) is 2.27. The summed E-state index contributed by atoms with van der Waals surface area (Å²) in [4.78, 5) is 23.3. The molecule has 5 heteroatoms. The van der Waals surface area contributed by atoms with Crippen molar-refractivity contribution < 1.29 is 14.3 Å². The predicted molar refractivity (Wildman–Crippen MR) is 81.8 cm³/mol. The molecule has 116 valence electrons. The van der Waals surface area contributed by atoms with Crippen LogP contribution in [0.3, 0.4) is 0 Å². The Hall–Kier alpha value is -2.04. The van der Waals surface area contributed by atoms with Gasteiger partial charge in [-0.05, 0) is 49.9 Å². The average molecular weight is 292 g/mol. The van der Waals surface area contributed by atoms with E-state index >= 15 is 0 Å². The Morgan fingerprint density at radius 2 is 1.76 bits per heavy atom. The lowest BCUT2D eigenvalue weighted by atomic mass is 10.0. The maximum Gasteiger partial charge on any atom is 0.276 e. The quantitative estimate of drug-likeness (QED) is 0.790. The Kier molecular flexibility index (Phi) is 6.72. The first-order chi connectivity index (χ1) is 9.97. The summed E-state index contributed by atoms with van der Waals surface area (Å²) in [6.45, 7) is 7.75. The van der Waals surface area contributed by atoms with E-state index in [4.69, 9.17) is 4.74 Å². The summed E-state index contributed by atoms with van der Waals surface area (Å²) < 4.78 is 5.39. The summed E-state index contributed by atoms with van der Waals surface area (Å²) in [7, 11) is 0. The molecule has 0 spiro atoms. The largest absolute Gasteiger partial charge is 0.484 e. The van der Waals surface area contributed by atoms with E-state index in [9.17, 15) is 9.59 Å². The number of benzene rings is 1. The highest BCUT2D eigenvalue weighted by Gasteiger charge is 2.14. The maximum absolute atomic E-state index is 11.7. The van der Waals surface area contributed by atoms with Gasteiger partial charge in [0, 0.05) is 5.92 Å². The standard InChI is InChI=1S/C16H24N2O3/c1-5-13(6-2)16(20)18-17-15(19)10-21-14-8-7-11(3)12(4)9-14/h7-9,13H,5-6,10H2,1-4H3,(H,17,19)(H,18,20). The number of nitrogens with one attached hydrogen (secondary N) is 2. The molecule has 0 saturated heterocycles. The van der Waals surface area contributed by atoms with Crippen LogP contribution in [0.25, 0.3) is 0 Å². The summed E-state index contributed by atoms with van der Waals surface area (Å²) >= 11 is 0. The second kappa shape index (κ2) is 8.29. The van der Waals surface area contributed by atoms with E-state index < -0.39 is 0 Å². The van der Waals surface area contributed by atoms with Gasteiger partial charge in [0.1, 0.15) is 5.75 Å². The van der Waals surface area contributed by atoms with Crippen LogP contribution in [0.2, 0.25) is 0 Å². The average Bonchev–Trinajstić information content (AvgIpc) is 2.47. The number of carbonyl (C=O) groups is 2. The summed E-state index contributed by atoms with van der Waals surface area (Å²) in [6, 6.07) is 5.64. The number of carbonyl (C=O) groups excluding carboxylic acids is 2. The van der Waals surface area contributed by atoms with Gasteiger partial charge in [0.15, 0.2) is 6.61 Å². The van der Waals surface area contributed by atoms with Crippen LogP contribution in [0.1, 0.15) is 37.8 Å². The molecule has 21 heavy (non-hydrogen) atoms. The van der Waals surface area contributed by atoms with E-state index in [1.807, 2.05) is 45.9 Å². The fraction of sp³-hybridized carbons (Fsp3) is 0.500. The van der Waals surface area contributed by atoms with Gasteiger partial charge in [0.25, 0.3) is 5.91 Å². The number of hydrazine groups is 1. The number of hydrogen-bond acceptors (Lipinski definition) is 3. The Morgan fingerprint density at radius 3 is 2.33 bits per heavy atom. The monoisotopic (exact) mass is 292 g/mol.